The molecule has 108 valence electrons. The fraction of sp³-hybridized carbons (Fsp3) is 0.714. The van der Waals surface area contributed by atoms with Crippen molar-refractivity contribution in [2.75, 3.05) is 30.4 Å². The van der Waals surface area contributed by atoms with Gasteiger partial charge in [0.25, 0.3) is 0 Å². The van der Waals surface area contributed by atoms with E-state index in [0.29, 0.717) is 0 Å². The summed E-state index contributed by atoms with van der Waals surface area (Å²) in [6, 6.07) is 0.0394. The van der Waals surface area contributed by atoms with Crippen molar-refractivity contribution in [3.05, 3.63) is 11.4 Å². The SMILES string of the molecule is CCCc1nc(NCC)c(C)c(N(C)C(C)CO)n1. The normalized spacial score (nSPS) is 12.3. The quantitative estimate of drug-likeness (QED) is 0.790. The number of aromatic nitrogens is 2. The maximum Gasteiger partial charge on any atom is 0.137 e. The molecule has 19 heavy (non-hydrogen) atoms. The highest BCUT2D eigenvalue weighted by Gasteiger charge is 2.17. The molecule has 0 amide bonds. The molecule has 1 heterocycles. The standard InChI is InChI=1S/C14H26N4O/c1-6-8-12-16-13(15-7-2)11(4)14(17-12)18(5)10(3)9-19/h10,19H,6-9H2,1-5H3,(H,15,16,17). The third kappa shape index (κ3) is 3.80. The Hall–Kier alpha value is -1.36. The Morgan fingerprint density at radius 2 is 2.00 bits per heavy atom. The van der Waals surface area contributed by atoms with Crippen LogP contribution in [0.3, 0.4) is 0 Å². The molecule has 0 saturated heterocycles. The van der Waals surface area contributed by atoms with Crippen LogP contribution in [0.4, 0.5) is 11.6 Å². The van der Waals surface area contributed by atoms with E-state index < -0.39 is 0 Å². The van der Waals surface area contributed by atoms with Gasteiger partial charge in [-0.25, -0.2) is 9.97 Å². The number of aryl methyl sites for hydroxylation is 1. The number of hydrogen-bond donors (Lipinski definition) is 2. The minimum absolute atomic E-state index is 0.0394. The first-order chi connectivity index (χ1) is 9.04. The van der Waals surface area contributed by atoms with Gasteiger partial charge in [0.1, 0.15) is 17.5 Å². The van der Waals surface area contributed by atoms with Crippen molar-refractivity contribution in [1.82, 2.24) is 9.97 Å². The van der Waals surface area contributed by atoms with Crippen molar-refractivity contribution in [3.8, 4) is 0 Å². The lowest BCUT2D eigenvalue weighted by atomic mass is 10.2. The zero-order valence-corrected chi connectivity index (χ0v) is 12.7. The first kappa shape index (κ1) is 15.7. The average Bonchev–Trinajstić information content (AvgIpc) is 2.41. The van der Waals surface area contributed by atoms with Gasteiger partial charge in [-0.05, 0) is 27.2 Å². The van der Waals surface area contributed by atoms with Gasteiger partial charge in [0.15, 0.2) is 0 Å². The van der Waals surface area contributed by atoms with E-state index in [1.54, 1.807) is 0 Å². The van der Waals surface area contributed by atoms with Crippen LogP contribution in [0.25, 0.3) is 0 Å². The molecule has 5 nitrogen and oxygen atoms in total. The zero-order valence-electron chi connectivity index (χ0n) is 12.7. The molecule has 0 aliphatic carbocycles. The van der Waals surface area contributed by atoms with Gasteiger partial charge in [-0.15, -0.1) is 0 Å². The Bertz CT molecular complexity index is 409. The van der Waals surface area contributed by atoms with E-state index >= 15 is 0 Å². The van der Waals surface area contributed by atoms with Crippen molar-refractivity contribution < 1.29 is 5.11 Å². The molecule has 0 aromatic carbocycles. The molecule has 0 aliphatic heterocycles. The predicted octanol–water partition coefficient (Wildman–Crippen LogP) is 1.99. The van der Waals surface area contributed by atoms with Crippen LogP contribution in [-0.2, 0) is 6.42 Å². The topological polar surface area (TPSA) is 61.3 Å². The smallest absolute Gasteiger partial charge is 0.137 e. The summed E-state index contributed by atoms with van der Waals surface area (Å²) < 4.78 is 0. The van der Waals surface area contributed by atoms with Crippen LogP contribution in [0.5, 0.6) is 0 Å². The van der Waals surface area contributed by atoms with Crippen LogP contribution in [0.15, 0.2) is 0 Å². The van der Waals surface area contributed by atoms with Crippen molar-refractivity contribution in [1.29, 1.82) is 0 Å². The average molecular weight is 266 g/mol. The Kier molecular flexibility index (Phi) is 6.02. The molecule has 0 bridgehead atoms. The molecule has 5 heteroatoms. The summed E-state index contributed by atoms with van der Waals surface area (Å²) in [6.45, 7) is 9.12. The van der Waals surface area contributed by atoms with Crippen LogP contribution >= 0.6 is 0 Å². The summed E-state index contributed by atoms with van der Waals surface area (Å²) >= 11 is 0. The monoisotopic (exact) mass is 266 g/mol. The van der Waals surface area contributed by atoms with Gasteiger partial charge in [0, 0.05) is 25.6 Å². The molecule has 1 unspecified atom stereocenters. The van der Waals surface area contributed by atoms with Crippen molar-refractivity contribution in [3.63, 3.8) is 0 Å². The van der Waals surface area contributed by atoms with E-state index in [9.17, 15) is 5.11 Å². The molecule has 0 radical (unpaired) electrons. The number of likely N-dealkylation sites (N-methyl/N-ethyl adjacent to an activating group) is 1. The van der Waals surface area contributed by atoms with Crippen molar-refractivity contribution >= 4 is 11.6 Å². The largest absolute Gasteiger partial charge is 0.394 e. The fourth-order valence-electron chi connectivity index (χ4n) is 1.90. The Labute approximate surface area is 116 Å². The highest BCUT2D eigenvalue weighted by molar-refractivity contribution is 5.58. The summed E-state index contributed by atoms with van der Waals surface area (Å²) in [6.07, 6.45) is 1.89. The Morgan fingerprint density at radius 1 is 1.32 bits per heavy atom. The van der Waals surface area contributed by atoms with Crippen LogP contribution in [0.1, 0.15) is 38.6 Å². The van der Waals surface area contributed by atoms with E-state index in [-0.39, 0.29) is 12.6 Å². The van der Waals surface area contributed by atoms with Crippen molar-refractivity contribution in [2.24, 2.45) is 0 Å². The molecular formula is C14H26N4O. The van der Waals surface area contributed by atoms with E-state index in [0.717, 1.165) is 42.4 Å². The number of rotatable bonds is 7. The summed E-state index contributed by atoms with van der Waals surface area (Å²) in [5, 5.41) is 12.6. The lowest BCUT2D eigenvalue weighted by Gasteiger charge is -2.27. The molecule has 0 aliphatic rings. The molecule has 1 rings (SSSR count). The van der Waals surface area contributed by atoms with Gasteiger partial charge in [-0.1, -0.05) is 6.92 Å². The summed E-state index contributed by atoms with van der Waals surface area (Å²) in [5.41, 5.74) is 1.03. The summed E-state index contributed by atoms with van der Waals surface area (Å²) in [5.74, 6) is 2.65. The van der Waals surface area contributed by atoms with Gasteiger partial charge < -0.3 is 15.3 Å². The molecule has 0 fully saturated rings. The zero-order chi connectivity index (χ0) is 14.4. The van der Waals surface area contributed by atoms with Crippen LogP contribution in [0, 0.1) is 6.92 Å². The lowest BCUT2D eigenvalue weighted by Crippen LogP contribution is -2.33. The third-order valence-corrected chi connectivity index (χ3v) is 3.24. The fourth-order valence-corrected chi connectivity index (χ4v) is 1.90. The maximum atomic E-state index is 9.30. The second-order valence-electron chi connectivity index (χ2n) is 4.86. The van der Waals surface area contributed by atoms with E-state index in [1.807, 2.05) is 25.8 Å². The van der Waals surface area contributed by atoms with Gasteiger partial charge in [0.2, 0.25) is 0 Å². The first-order valence-electron chi connectivity index (χ1n) is 7.00. The molecule has 1 aromatic rings. The maximum absolute atomic E-state index is 9.30. The number of nitrogens with one attached hydrogen (secondary N) is 1. The Morgan fingerprint density at radius 3 is 2.53 bits per heavy atom. The minimum atomic E-state index is 0.0394. The second-order valence-corrected chi connectivity index (χ2v) is 4.86. The molecule has 0 spiro atoms. The number of hydrogen-bond acceptors (Lipinski definition) is 5. The molecule has 1 atom stereocenters. The predicted molar refractivity (Wildman–Crippen MR) is 79.9 cm³/mol. The number of aliphatic hydroxyl groups excluding tert-OH is 1. The molecule has 0 saturated carbocycles. The number of aliphatic hydroxyl groups is 1. The molecule has 1 aromatic heterocycles. The van der Waals surface area contributed by atoms with Crippen LogP contribution in [0.2, 0.25) is 0 Å². The van der Waals surface area contributed by atoms with E-state index in [2.05, 4.69) is 29.1 Å². The minimum Gasteiger partial charge on any atom is -0.394 e. The van der Waals surface area contributed by atoms with Crippen molar-refractivity contribution in [2.45, 2.75) is 46.6 Å². The van der Waals surface area contributed by atoms with Gasteiger partial charge in [0.05, 0.1) is 12.6 Å². The van der Waals surface area contributed by atoms with E-state index in [1.165, 1.54) is 0 Å². The van der Waals surface area contributed by atoms with Gasteiger partial charge >= 0.3 is 0 Å². The second kappa shape index (κ2) is 7.28. The lowest BCUT2D eigenvalue weighted by molar-refractivity contribution is 0.269. The summed E-state index contributed by atoms with van der Waals surface area (Å²) in [4.78, 5) is 11.2. The third-order valence-electron chi connectivity index (χ3n) is 3.24. The highest BCUT2D eigenvalue weighted by Crippen LogP contribution is 2.24. The van der Waals surface area contributed by atoms with Crippen LogP contribution < -0.4 is 10.2 Å². The molecular weight excluding hydrogens is 240 g/mol. The molecule has 2 N–H and O–H groups in total. The first-order valence-corrected chi connectivity index (χ1v) is 7.00. The van der Waals surface area contributed by atoms with Gasteiger partial charge in [-0.3, -0.25) is 0 Å². The Balaban J connectivity index is 3.19. The highest BCUT2D eigenvalue weighted by atomic mass is 16.3. The number of anilines is 2. The summed E-state index contributed by atoms with van der Waals surface area (Å²) in [7, 11) is 1.96. The van der Waals surface area contributed by atoms with Gasteiger partial charge in [-0.2, -0.15) is 0 Å². The van der Waals surface area contributed by atoms with E-state index in [4.69, 9.17) is 0 Å². The van der Waals surface area contributed by atoms with Crippen LogP contribution in [-0.4, -0.2) is 41.3 Å². The number of nitrogens with zero attached hydrogens (tertiary/aromatic N) is 3.